The standard InChI is InChI=1S/C14H22O.2CHF3O3S.Al/c1-13(2,3)10-7-11(14(4,5)6)9-12(15)8-10;2*2-1(3,4)8(5,6)7;/h7-9,15H,1-6H3;2*(H,5,6,7);/q;;;+3/p-3. The number of hydrogen-bond acceptors (Lipinski definition) is 7. The summed E-state index contributed by atoms with van der Waals surface area (Å²) in [5.74, 6) is 0.118. The van der Waals surface area contributed by atoms with Crippen molar-refractivity contribution in [1.82, 2.24) is 0 Å². The van der Waals surface area contributed by atoms with E-state index in [1.165, 1.54) is 0 Å². The number of alkyl halides is 6. The van der Waals surface area contributed by atoms with Gasteiger partial charge < -0.3 is 14.2 Å². The average molecular weight is 530 g/mol. The van der Waals surface area contributed by atoms with Gasteiger partial charge in [-0.05, 0) is 22.0 Å². The zero-order valence-electron chi connectivity index (χ0n) is 17.8. The van der Waals surface area contributed by atoms with Crippen LogP contribution in [0.4, 0.5) is 26.3 Å². The van der Waals surface area contributed by atoms with Crippen LogP contribution in [0.2, 0.25) is 0 Å². The molecule has 0 saturated carbocycles. The Kier molecular flexibility index (Phi) is 12.6. The molecule has 0 bridgehead atoms. The molecule has 0 spiro atoms. The third kappa shape index (κ3) is 13.5. The predicted octanol–water partition coefficient (Wildman–Crippen LogP) is 3.08. The topological polar surface area (TPSA) is 137 Å². The van der Waals surface area contributed by atoms with Crippen molar-refractivity contribution in [1.29, 1.82) is 0 Å². The van der Waals surface area contributed by atoms with Crippen molar-refractivity contribution in [2.45, 2.75) is 63.4 Å². The van der Waals surface area contributed by atoms with Crippen LogP contribution in [0, 0.1) is 0 Å². The van der Waals surface area contributed by atoms with Crippen molar-refractivity contribution >= 4 is 37.6 Å². The molecule has 184 valence electrons. The number of benzene rings is 1. The third-order valence-electron chi connectivity index (χ3n) is 3.21. The van der Waals surface area contributed by atoms with Gasteiger partial charge in [-0.25, -0.2) is 16.8 Å². The summed E-state index contributed by atoms with van der Waals surface area (Å²) in [7, 11) is -12.2. The predicted molar refractivity (Wildman–Crippen MR) is 101 cm³/mol. The molecule has 32 heavy (non-hydrogen) atoms. The van der Waals surface area contributed by atoms with Gasteiger partial charge in [0.15, 0.2) is 20.2 Å². The smallest absolute Gasteiger partial charge is 0.872 e. The van der Waals surface area contributed by atoms with Crippen molar-refractivity contribution in [2.75, 3.05) is 0 Å². The molecule has 0 unspecified atom stereocenters. The minimum absolute atomic E-state index is 0. The Labute approximate surface area is 193 Å². The Balaban J connectivity index is -0.000000425. The van der Waals surface area contributed by atoms with Crippen molar-refractivity contribution in [3.63, 3.8) is 0 Å². The number of halogens is 6. The molecule has 0 amide bonds. The second kappa shape index (κ2) is 11.4. The minimum atomic E-state index is -6.09. The van der Waals surface area contributed by atoms with Crippen LogP contribution in [-0.4, -0.2) is 54.3 Å². The summed E-state index contributed by atoms with van der Waals surface area (Å²) < 4.78 is 118. The van der Waals surface area contributed by atoms with Gasteiger partial charge in [0.1, 0.15) is 0 Å². The second-order valence-electron chi connectivity index (χ2n) is 8.05. The van der Waals surface area contributed by atoms with Crippen LogP contribution < -0.4 is 5.11 Å². The first kappa shape index (κ1) is 35.5. The molecule has 0 N–H and O–H groups in total. The van der Waals surface area contributed by atoms with Gasteiger partial charge in [0.05, 0.1) is 0 Å². The maximum absolute atomic E-state index is 11.6. The van der Waals surface area contributed by atoms with Crippen LogP contribution in [0.5, 0.6) is 5.75 Å². The summed E-state index contributed by atoms with van der Waals surface area (Å²) in [6.45, 7) is 12.8. The van der Waals surface area contributed by atoms with Gasteiger partial charge in [0, 0.05) is 0 Å². The molecule has 0 aliphatic rings. The fourth-order valence-electron chi connectivity index (χ4n) is 1.47. The fraction of sp³-hybridized carbons (Fsp3) is 0.625. The summed E-state index contributed by atoms with van der Waals surface area (Å²) in [5.41, 5.74) is -8.96. The Morgan fingerprint density at radius 3 is 0.938 bits per heavy atom. The molecule has 0 fully saturated rings. The molecule has 1 rings (SSSR count). The van der Waals surface area contributed by atoms with Crippen LogP contribution >= 0.6 is 0 Å². The van der Waals surface area contributed by atoms with Crippen LogP contribution in [0.1, 0.15) is 52.7 Å². The van der Waals surface area contributed by atoms with Crippen LogP contribution in [0.3, 0.4) is 0 Å². The SMILES string of the molecule is CC(C)(C)c1cc([O-])cc(C(C)(C)C)c1.O=S(=O)([O-])C(F)(F)F.O=S(=O)([O-])C(F)(F)F.[Al+3]. The van der Waals surface area contributed by atoms with E-state index in [2.05, 4.69) is 47.6 Å². The zero-order valence-corrected chi connectivity index (χ0v) is 20.5. The summed E-state index contributed by atoms with van der Waals surface area (Å²) in [6, 6.07) is 5.64. The Morgan fingerprint density at radius 1 is 0.625 bits per heavy atom. The van der Waals surface area contributed by atoms with Gasteiger partial charge in [0.25, 0.3) is 0 Å². The van der Waals surface area contributed by atoms with E-state index >= 15 is 0 Å². The van der Waals surface area contributed by atoms with Crippen LogP contribution in [0.25, 0.3) is 0 Å². The largest absolute Gasteiger partial charge is 3.00 e. The second-order valence-corrected chi connectivity index (χ2v) is 10.8. The summed E-state index contributed by atoms with van der Waals surface area (Å²) >= 11 is 0. The van der Waals surface area contributed by atoms with Gasteiger partial charge in [-0.15, -0.1) is 5.75 Å². The first-order valence-electron chi connectivity index (χ1n) is 7.98. The normalized spacial score (nSPS) is 13.1. The molecule has 0 radical (unpaired) electrons. The van der Waals surface area contributed by atoms with E-state index in [0.29, 0.717) is 0 Å². The molecule has 1 aromatic carbocycles. The van der Waals surface area contributed by atoms with Crippen molar-refractivity contribution in [3.8, 4) is 5.75 Å². The minimum Gasteiger partial charge on any atom is -0.872 e. The van der Waals surface area contributed by atoms with Gasteiger partial charge in [-0.1, -0.05) is 59.7 Å². The first-order valence-corrected chi connectivity index (χ1v) is 10.8. The maximum Gasteiger partial charge on any atom is 3.00 e. The molecule has 0 aliphatic heterocycles. The van der Waals surface area contributed by atoms with Gasteiger partial charge >= 0.3 is 28.4 Å². The molecule has 0 saturated heterocycles. The van der Waals surface area contributed by atoms with E-state index in [9.17, 15) is 31.4 Å². The van der Waals surface area contributed by atoms with E-state index in [-0.39, 0.29) is 33.9 Å². The fourth-order valence-corrected chi connectivity index (χ4v) is 1.47. The summed E-state index contributed by atoms with van der Waals surface area (Å²) in [5, 5.41) is 11.6. The molecule has 0 aromatic heterocycles. The molecular formula is C16H21AlF6O7S2. The van der Waals surface area contributed by atoms with E-state index in [1.807, 2.05) is 0 Å². The van der Waals surface area contributed by atoms with Crippen molar-refractivity contribution in [2.24, 2.45) is 0 Å². The molecule has 16 heteroatoms. The number of hydrogen-bond donors (Lipinski definition) is 0. The summed E-state index contributed by atoms with van der Waals surface area (Å²) in [4.78, 5) is 0. The van der Waals surface area contributed by atoms with Gasteiger partial charge in [-0.3, -0.25) is 0 Å². The molecule has 0 heterocycles. The van der Waals surface area contributed by atoms with E-state index in [4.69, 9.17) is 25.9 Å². The molecule has 0 atom stereocenters. The van der Waals surface area contributed by atoms with E-state index in [1.54, 1.807) is 12.1 Å². The van der Waals surface area contributed by atoms with Crippen molar-refractivity contribution < 1.29 is 57.4 Å². The monoisotopic (exact) mass is 530 g/mol. The maximum atomic E-state index is 11.6. The van der Waals surface area contributed by atoms with Crippen LogP contribution in [-0.2, 0) is 31.1 Å². The third-order valence-corrected chi connectivity index (χ3v) is 4.34. The first-order chi connectivity index (χ1) is 13.1. The molecule has 7 nitrogen and oxygen atoms in total. The average Bonchev–Trinajstić information content (AvgIpc) is 2.41. The zero-order chi connectivity index (χ0) is 25.9. The van der Waals surface area contributed by atoms with E-state index < -0.39 is 31.3 Å². The Hall–Kier alpha value is -1.05. The number of rotatable bonds is 0. The quantitative estimate of drug-likeness (QED) is 0.218. The Bertz CT molecular complexity index is 869. The molecular weight excluding hydrogens is 509 g/mol. The molecule has 1 aromatic rings. The van der Waals surface area contributed by atoms with Crippen molar-refractivity contribution in [3.05, 3.63) is 29.3 Å². The summed E-state index contributed by atoms with van der Waals surface area (Å²) in [6.07, 6.45) is 0. The van der Waals surface area contributed by atoms with Gasteiger partial charge in [-0.2, -0.15) is 26.3 Å². The van der Waals surface area contributed by atoms with E-state index in [0.717, 1.165) is 11.1 Å². The molecule has 0 aliphatic carbocycles. The van der Waals surface area contributed by atoms with Crippen LogP contribution in [0.15, 0.2) is 18.2 Å². The Morgan fingerprint density at radius 2 is 0.812 bits per heavy atom. The van der Waals surface area contributed by atoms with Gasteiger partial charge in [0.2, 0.25) is 0 Å².